The van der Waals surface area contributed by atoms with E-state index in [9.17, 15) is 13.2 Å². The van der Waals surface area contributed by atoms with Crippen LogP contribution in [0.25, 0.3) is 0 Å². The Hall–Kier alpha value is -2.33. The number of sulfonamides is 1. The molecule has 1 amide bonds. The highest BCUT2D eigenvalue weighted by Crippen LogP contribution is 2.32. The summed E-state index contributed by atoms with van der Waals surface area (Å²) in [6, 6.07) is 11.5. The van der Waals surface area contributed by atoms with Crippen molar-refractivity contribution in [3.05, 3.63) is 47.5 Å². The Kier molecular flexibility index (Phi) is 6.66. The van der Waals surface area contributed by atoms with Crippen molar-refractivity contribution in [1.29, 1.82) is 0 Å². The first kappa shape index (κ1) is 21.9. The summed E-state index contributed by atoms with van der Waals surface area (Å²) < 4.78 is 40.1. The second kappa shape index (κ2) is 9.44. The third-order valence-electron chi connectivity index (χ3n) is 5.21. The number of halogens is 1. The molecule has 0 spiro atoms. The van der Waals surface area contributed by atoms with Crippen molar-refractivity contribution in [1.82, 2.24) is 0 Å². The fraction of sp³-hybridized carbons (Fsp3) is 0.381. The molecule has 2 N–H and O–H groups in total. The molecule has 0 bridgehead atoms. The lowest BCUT2D eigenvalue weighted by molar-refractivity contribution is -0.124. The minimum Gasteiger partial charge on any atom is -0.378 e. The number of rotatable bonds is 6. The van der Waals surface area contributed by atoms with E-state index in [1.54, 1.807) is 36.4 Å². The van der Waals surface area contributed by atoms with Crippen molar-refractivity contribution < 1.29 is 22.7 Å². The van der Waals surface area contributed by atoms with E-state index in [4.69, 9.17) is 21.1 Å². The van der Waals surface area contributed by atoms with Crippen molar-refractivity contribution >= 4 is 44.6 Å². The number of carbonyl (C=O) groups excluding carboxylic acids is 1. The third kappa shape index (κ3) is 5.12. The van der Waals surface area contributed by atoms with E-state index in [2.05, 4.69) is 10.0 Å². The number of carbonyl (C=O) groups is 1. The molecule has 10 heteroatoms. The molecule has 0 aliphatic carbocycles. The van der Waals surface area contributed by atoms with Crippen molar-refractivity contribution in [2.45, 2.75) is 23.8 Å². The van der Waals surface area contributed by atoms with Gasteiger partial charge in [-0.2, -0.15) is 0 Å². The van der Waals surface area contributed by atoms with Crippen LogP contribution in [0.15, 0.2) is 47.4 Å². The van der Waals surface area contributed by atoms with E-state index in [1.807, 2.05) is 4.90 Å². The SMILES string of the molecule is O=C(Nc1ccc(N2CCOCC2)c(S(=O)(=O)Nc2ccccc2Cl)c1)[C@@H]1CCCO1. The van der Waals surface area contributed by atoms with Crippen LogP contribution >= 0.6 is 11.6 Å². The van der Waals surface area contributed by atoms with E-state index in [0.29, 0.717) is 55.7 Å². The molecular weight excluding hydrogens is 442 g/mol. The topological polar surface area (TPSA) is 97.0 Å². The number of ether oxygens (including phenoxy) is 2. The lowest BCUT2D eigenvalue weighted by Crippen LogP contribution is -2.37. The summed E-state index contributed by atoms with van der Waals surface area (Å²) in [6.07, 6.45) is 0.965. The number of hydrogen-bond donors (Lipinski definition) is 2. The molecule has 0 radical (unpaired) electrons. The highest BCUT2D eigenvalue weighted by atomic mass is 35.5. The summed E-state index contributed by atoms with van der Waals surface area (Å²) in [4.78, 5) is 14.5. The normalized spacial score (nSPS) is 19.3. The van der Waals surface area contributed by atoms with Crippen molar-refractivity contribution in [3.8, 4) is 0 Å². The van der Waals surface area contributed by atoms with Gasteiger partial charge in [-0.25, -0.2) is 8.42 Å². The molecule has 4 rings (SSSR count). The first-order chi connectivity index (χ1) is 14.9. The van der Waals surface area contributed by atoms with Crippen LogP contribution in [0.1, 0.15) is 12.8 Å². The zero-order valence-electron chi connectivity index (χ0n) is 16.8. The highest BCUT2D eigenvalue weighted by molar-refractivity contribution is 7.93. The van der Waals surface area contributed by atoms with Gasteiger partial charge in [0, 0.05) is 25.4 Å². The summed E-state index contributed by atoms with van der Waals surface area (Å²) in [6.45, 7) is 2.70. The Morgan fingerprint density at radius 2 is 1.87 bits per heavy atom. The molecule has 8 nitrogen and oxygen atoms in total. The van der Waals surface area contributed by atoms with Crippen LogP contribution < -0.4 is 14.9 Å². The molecule has 0 saturated carbocycles. The Bertz CT molecular complexity index is 1050. The maximum atomic E-state index is 13.3. The zero-order chi connectivity index (χ0) is 21.8. The molecule has 2 aromatic carbocycles. The van der Waals surface area contributed by atoms with E-state index in [-0.39, 0.29) is 16.5 Å². The Labute approximate surface area is 186 Å². The smallest absolute Gasteiger partial charge is 0.264 e. The molecule has 0 aromatic heterocycles. The van der Waals surface area contributed by atoms with Gasteiger partial charge in [0.2, 0.25) is 0 Å². The maximum Gasteiger partial charge on any atom is 0.264 e. The summed E-state index contributed by atoms with van der Waals surface area (Å²) in [5.74, 6) is -0.279. The number of amides is 1. The number of anilines is 3. The molecule has 0 unspecified atom stereocenters. The van der Waals surface area contributed by atoms with E-state index in [0.717, 1.165) is 6.42 Å². The average Bonchev–Trinajstić information content (AvgIpc) is 3.31. The van der Waals surface area contributed by atoms with Crippen LogP contribution in [0.5, 0.6) is 0 Å². The molecule has 1 atom stereocenters. The van der Waals surface area contributed by atoms with Crippen LogP contribution in [0.4, 0.5) is 17.1 Å². The number of hydrogen-bond acceptors (Lipinski definition) is 6. The predicted molar refractivity (Wildman–Crippen MR) is 119 cm³/mol. The lowest BCUT2D eigenvalue weighted by Gasteiger charge is -2.30. The van der Waals surface area contributed by atoms with Gasteiger partial charge in [0.15, 0.2) is 0 Å². The first-order valence-electron chi connectivity index (χ1n) is 10.1. The molecule has 2 fully saturated rings. The van der Waals surface area contributed by atoms with Crippen LogP contribution in [0.2, 0.25) is 5.02 Å². The fourth-order valence-corrected chi connectivity index (χ4v) is 5.19. The summed E-state index contributed by atoms with van der Waals surface area (Å²) in [5.41, 5.74) is 1.21. The van der Waals surface area contributed by atoms with Crippen LogP contribution in [-0.4, -0.2) is 53.3 Å². The van der Waals surface area contributed by atoms with Gasteiger partial charge < -0.3 is 19.7 Å². The second-order valence-electron chi connectivity index (χ2n) is 7.36. The van der Waals surface area contributed by atoms with Gasteiger partial charge in [-0.05, 0) is 43.2 Å². The third-order valence-corrected chi connectivity index (χ3v) is 6.93. The van der Waals surface area contributed by atoms with Crippen molar-refractivity contribution in [2.75, 3.05) is 47.8 Å². The predicted octanol–water partition coefficient (Wildman–Crippen LogP) is 3.09. The Balaban J connectivity index is 1.67. The fourth-order valence-electron chi connectivity index (χ4n) is 3.62. The van der Waals surface area contributed by atoms with Gasteiger partial charge in [-0.15, -0.1) is 0 Å². The number of benzene rings is 2. The monoisotopic (exact) mass is 465 g/mol. The van der Waals surface area contributed by atoms with Crippen molar-refractivity contribution in [3.63, 3.8) is 0 Å². The standard InChI is InChI=1S/C21H24ClN3O5S/c22-16-4-1-2-5-17(16)24-31(27,28)20-14-15(23-21(26)19-6-3-11-30-19)7-8-18(20)25-9-12-29-13-10-25/h1-2,4-5,7-8,14,19,24H,3,6,9-13H2,(H,23,26)/t19-/m0/s1. The van der Waals surface area contributed by atoms with Gasteiger partial charge in [0.1, 0.15) is 11.0 Å². The molecule has 2 aliphatic rings. The number of morpholine rings is 1. The minimum absolute atomic E-state index is 0.0551. The summed E-state index contributed by atoms with van der Waals surface area (Å²) in [7, 11) is -3.99. The minimum atomic E-state index is -3.99. The maximum absolute atomic E-state index is 13.3. The Morgan fingerprint density at radius 3 is 2.58 bits per heavy atom. The average molecular weight is 466 g/mol. The summed E-state index contributed by atoms with van der Waals surface area (Å²) >= 11 is 6.15. The number of nitrogens with one attached hydrogen (secondary N) is 2. The Morgan fingerprint density at radius 1 is 1.10 bits per heavy atom. The van der Waals surface area contributed by atoms with E-state index < -0.39 is 16.1 Å². The molecule has 2 aromatic rings. The van der Waals surface area contributed by atoms with Crippen LogP contribution in [0.3, 0.4) is 0 Å². The van der Waals surface area contributed by atoms with E-state index >= 15 is 0 Å². The molecule has 2 aliphatic heterocycles. The number of para-hydroxylation sites is 1. The van der Waals surface area contributed by atoms with Gasteiger partial charge in [0.25, 0.3) is 15.9 Å². The first-order valence-corrected chi connectivity index (χ1v) is 12.0. The van der Waals surface area contributed by atoms with Crippen molar-refractivity contribution in [2.24, 2.45) is 0 Å². The van der Waals surface area contributed by atoms with Gasteiger partial charge in [-0.1, -0.05) is 23.7 Å². The van der Waals surface area contributed by atoms with Crippen LogP contribution in [0, 0.1) is 0 Å². The molecule has 166 valence electrons. The lowest BCUT2D eigenvalue weighted by atomic mass is 10.2. The van der Waals surface area contributed by atoms with Gasteiger partial charge in [0.05, 0.1) is 29.6 Å². The second-order valence-corrected chi connectivity index (χ2v) is 9.42. The zero-order valence-corrected chi connectivity index (χ0v) is 18.4. The molecule has 2 heterocycles. The molecule has 31 heavy (non-hydrogen) atoms. The van der Waals surface area contributed by atoms with Gasteiger partial charge in [-0.3, -0.25) is 9.52 Å². The van der Waals surface area contributed by atoms with E-state index in [1.165, 1.54) is 6.07 Å². The summed E-state index contributed by atoms with van der Waals surface area (Å²) in [5, 5.41) is 3.07. The quantitative estimate of drug-likeness (QED) is 0.680. The number of nitrogens with zero attached hydrogens (tertiary/aromatic N) is 1. The largest absolute Gasteiger partial charge is 0.378 e. The molecule has 2 saturated heterocycles. The highest BCUT2D eigenvalue weighted by Gasteiger charge is 2.27. The molecular formula is C21H24ClN3O5S. The van der Waals surface area contributed by atoms with Crippen LogP contribution in [-0.2, 0) is 24.3 Å². The van der Waals surface area contributed by atoms with Gasteiger partial charge >= 0.3 is 0 Å².